The predicted octanol–water partition coefficient (Wildman–Crippen LogP) is 15.0. The lowest BCUT2D eigenvalue weighted by Gasteiger charge is -2.24. The third kappa shape index (κ3) is 41.1. The minimum atomic E-state index is -0.781. The van der Waals surface area contributed by atoms with Crippen molar-refractivity contribution < 1.29 is 24.5 Å². The molecule has 0 spiro atoms. The number of carbonyl (C=O) groups excluding carboxylic acids is 2. The van der Waals surface area contributed by atoms with Crippen LogP contribution in [0, 0.1) is 0 Å². The number of hydrogen-bond acceptors (Lipinski definition) is 5. The van der Waals surface area contributed by atoms with Gasteiger partial charge in [0.05, 0.1) is 25.2 Å². The molecule has 0 aromatic carbocycles. The van der Waals surface area contributed by atoms with Gasteiger partial charge in [-0.05, 0) is 51.4 Å². The highest BCUT2D eigenvalue weighted by Crippen LogP contribution is 2.18. The number of hydrogen-bond donors (Lipinski definition) is 3. The average Bonchev–Trinajstić information content (AvgIpc) is 3.20. The molecule has 0 rings (SSSR count). The van der Waals surface area contributed by atoms with Crippen LogP contribution in [-0.2, 0) is 14.3 Å². The Bertz CT molecular complexity index is 863. The predicted molar refractivity (Wildman–Crippen MR) is 246 cm³/mol. The largest absolute Gasteiger partial charge is 0.462 e. The maximum absolute atomic E-state index is 13.1. The SMILES string of the molecule is CCCCCC/C=C\CCCCCCCCCC(=O)OC(CCCCCCCCCCC)CC(=O)NC(CO)C(O)CCCCCCCCCCCCCCCC. The van der Waals surface area contributed by atoms with E-state index in [0.717, 1.165) is 44.9 Å². The first-order valence-electron chi connectivity index (χ1n) is 25.4. The van der Waals surface area contributed by atoms with Crippen LogP contribution in [0.15, 0.2) is 12.2 Å². The molecule has 0 aliphatic heterocycles. The van der Waals surface area contributed by atoms with E-state index in [-0.39, 0.29) is 24.9 Å². The quantitative estimate of drug-likeness (QED) is 0.0323. The molecule has 0 aliphatic rings. The maximum atomic E-state index is 13.1. The maximum Gasteiger partial charge on any atom is 0.306 e. The van der Waals surface area contributed by atoms with Crippen LogP contribution in [0.3, 0.4) is 0 Å². The number of rotatable bonds is 46. The molecule has 338 valence electrons. The molecule has 3 atom stereocenters. The highest BCUT2D eigenvalue weighted by molar-refractivity contribution is 5.77. The Morgan fingerprint density at radius 2 is 0.842 bits per heavy atom. The van der Waals surface area contributed by atoms with Crippen molar-refractivity contribution in [3.05, 3.63) is 12.2 Å². The van der Waals surface area contributed by atoms with E-state index in [2.05, 4.69) is 38.2 Å². The first-order chi connectivity index (χ1) is 28.0. The zero-order chi connectivity index (χ0) is 41.7. The zero-order valence-corrected chi connectivity index (χ0v) is 38.5. The van der Waals surface area contributed by atoms with E-state index < -0.39 is 18.2 Å². The van der Waals surface area contributed by atoms with Crippen LogP contribution in [0.25, 0.3) is 0 Å². The average molecular weight is 806 g/mol. The summed E-state index contributed by atoms with van der Waals surface area (Å²) >= 11 is 0. The molecule has 57 heavy (non-hydrogen) atoms. The van der Waals surface area contributed by atoms with E-state index in [9.17, 15) is 19.8 Å². The summed E-state index contributed by atoms with van der Waals surface area (Å²) < 4.78 is 5.91. The molecule has 0 fully saturated rings. The summed E-state index contributed by atoms with van der Waals surface area (Å²) in [6.07, 6.45) is 49.8. The van der Waals surface area contributed by atoms with Crippen molar-refractivity contribution in [1.29, 1.82) is 0 Å². The standard InChI is InChI=1S/C51H99NO5/c1-4-7-10-13-16-19-21-23-25-27-29-32-35-38-41-44-51(56)57-47(42-39-36-33-30-18-15-12-9-6-3)45-50(55)52-48(46-53)49(54)43-40-37-34-31-28-26-24-22-20-17-14-11-8-5-2/h19,21,47-49,53-54H,4-18,20,22-46H2,1-3H3,(H,52,55)/b21-19-. The summed E-state index contributed by atoms with van der Waals surface area (Å²) in [6, 6.07) is -0.694. The van der Waals surface area contributed by atoms with E-state index in [1.807, 2.05) is 0 Å². The molecule has 0 aromatic rings. The number of carbonyl (C=O) groups is 2. The van der Waals surface area contributed by atoms with Gasteiger partial charge in [-0.1, -0.05) is 226 Å². The van der Waals surface area contributed by atoms with Crippen LogP contribution in [-0.4, -0.2) is 46.9 Å². The Balaban J connectivity index is 4.44. The third-order valence-electron chi connectivity index (χ3n) is 11.8. The van der Waals surface area contributed by atoms with Crippen molar-refractivity contribution in [1.82, 2.24) is 5.32 Å². The Morgan fingerprint density at radius 1 is 0.491 bits per heavy atom. The number of unbranched alkanes of at least 4 members (excludes halogenated alkanes) is 32. The van der Waals surface area contributed by atoms with Gasteiger partial charge < -0.3 is 20.3 Å². The molecule has 0 saturated carbocycles. The Morgan fingerprint density at radius 3 is 1.26 bits per heavy atom. The van der Waals surface area contributed by atoms with Crippen LogP contribution in [0.2, 0.25) is 0 Å². The van der Waals surface area contributed by atoms with E-state index in [1.54, 1.807) is 0 Å². The lowest BCUT2D eigenvalue weighted by molar-refractivity contribution is -0.151. The van der Waals surface area contributed by atoms with Crippen molar-refractivity contribution in [3.8, 4) is 0 Å². The Kier molecular flexibility index (Phi) is 44.6. The first-order valence-corrected chi connectivity index (χ1v) is 25.4. The highest BCUT2D eigenvalue weighted by Gasteiger charge is 2.24. The van der Waals surface area contributed by atoms with E-state index in [4.69, 9.17) is 4.74 Å². The van der Waals surface area contributed by atoms with E-state index in [0.29, 0.717) is 19.3 Å². The van der Waals surface area contributed by atoms with Crippen molar-refractivity contribution >= 4 is 11.9 Å². The van der Waals surface area contributed by atoms with Gasteiger partial charge in [0.2, 0.25) is 5.91 Å². The van der Waals surface area contributed by atoms with Crippen LogP contribution in [0.5, 0.6) is 0 Å². The monoisotopic (exact) mass is 806 g/mol. The van der Waals surface area contributed by atoms with Crippen molar-refractivity contribution in [2.75, 3.05) is 6.61 Å². The van der Waals surface area contributed by atoms with Crippen LogP contribution in [0.4, 0.5) is 0 Å². The number of esters is 1. The summed E-state index contributed by atoms with van der Waals surface area (Å²) in [4.78, 5) is 26.0. The number of ether oxygens (including phenoxy) is 1. The summed E-state index contributed by atoms with van der Waals surface area (Å²) in [6.45, 7) is 6.47. The molecule has 0 heterocycles. The van der Waals surface area contributed by atoms with E-state index in [1.165, 1.54) is 186 Å². The van der Waals surface area contributed by atoms with Crippen molar-refractivity contribution in [2.24, 2.45) is 0 Å². The molecule has 6 nitrogen and oxygen atoms in total. The number of aliphatic hydroxyl groups excluding tert-OH is 2. The normalized spacial score (nSPS) is 13.3. The number of nitrogens with one attached hydrogen (secondary N) is 1. The second-order valence-electron chi connectivity index (χ2n) is 17.6. The molecule has 0 radical (unpaired) electrons. The second kappa shape index (κ2) is 45.7. The van der Waals surface area contributed by atoms with Crippen LogP contribution >= 0.6 is 0 Å². The fraction of sp³-hybridized carbons (Fsp3) is 0.922. The number of aliphatic hydroxyl groups is 2. The van der Waals surface area contributed by atoms with Crippen LogP contribution in [0.1, 0.15) is 278 Å². The Hall–Kier alpha value is -1.40. The molecular formula is C51H99NO5. The van der Waals surface area contributed by atoms with Gasteiger partial charge in [-0.3, -0.25) is 9.59 Å². The fourth-order valence-corrected chi connectivity index (χ4v) is 7.96. The number of allylic oxidation sites excluding steroid dienone is 2. The lowest BCUT2D eigenvalue weighted by atomic mass is 10.0. The molecule has 1 amide bonds. The lowest BCUT2D eigenvalue weighted by Crippen LogP contribution is -2.46. The second-order valence-corrected chi connectivity index (χ2v) is 17.6. The summed E-state index contributed by atoms with van der Waals surface area (Å²) in [5.41, 5.74) is 0. The van der Waals surface area contributed by atoms with Gasteiger partial charge >= 0.3 is 5.97 Å². The first kappa shape index (κ1) is 55.6. The summed E-state index contributed by atoms with van der Waals surface area (Å²) in [5.74, 6) is -0.466. The summed E-state index contributed by atoms with van der Waals surface area (Å²) in [7, 11) is 0. The minimum absolute atomic E-state index is 0.0822. The minimum Gasteiger partial charge on any atom is -0.462 e. The molecule has 0 bridgehead atoms. The van der Waals surface area contributed by atoms with Crippen molar-refractivity contribution in [3.63, 3.8) is 0 Å². The van der Waals surface area contributed by atoms with Gasteiger partial charge in [0, 0.05) is 6.42 Å². The van der Waals surface area contributed by atoms with Gasteiger partial charge in [-0.15, -0.1) is 0 Å². The number of amides is 1. The van der Waals surface area contributed by atoms with E-state index >= 15 is 0 Å². The zero-order valence-electron chi connectivity index (χ0n) is 38.5. The molecular weight excluding hydrogens is 707 g/mol. The van der Waals surface area contributed by atoms with Gasteiger partial charge in [0.25, 0.3) is 0 Å². The topological polar surface area (TPSA) is 95.9 Å². The van der Waals surface area contributed by atoms with Crippen LogP contribution < -0.4 is 5.32 Å². The Labute approximate surface area is 355 Å². The fourth-order valence-electron chi connectivity index (χ4n) is 7.96. The molecule has 3 unspecified atom stereocenters. The smallest absolute Gasteiger partial charge is 0.306 e. The van der Waals surface area contributed by atoms with Crippen molar-refractivity contribution in [2.45, 2.75) is 296 Å². The molecule has 0 aliphatic carbocycles. The third-order valence-corrected chi connectivity index (χ3v) is 11.8. The van der Waals surface area contributed by atoms with Gasteiger partial charge in [0.15, 0.2) is 0 Å². The highest BCUT2D eigenvalue weighted by atomic mass is 16.5. The molecule has 6 heteroatoms. The van der Waals surface area contributed by atoms with Gasteiger partial charge in [-0.25, -0.2) is 0 Å². The van der Waals surface area contributed by atoms with Gasteiger partial charge in [-0.2, -0.15) is 0 Å². The molecule has 0 aromatic heterocycles. The summed E-state index contributed by atoms with van der Waals surface area (Å²) in [5, 5.41) is 23.7. The van der Waals surface area contributed by atoms with Gasteiger partial charge in [0.1, 0.15) is 6.10 Å². The molecule has 3 N–H and O–H groups in total. The molecule has 0 saturated heterocycles.